The number of allylic oxidation sites excluding steroid dienone is 2. The van der Waals surface area contributed by atoms with Crippen molar-refractivity contribution in [1.82, 2.24) is 10.6 Å². The van der Waals surface area contributed by atoms with Crippen LogP contribution < -0.4 is 16.4 Å². The largest absolute Gasteiger partial charge is 0.481 e. The Bertz CT molecular complexity index is 1420. The summed E-state index contributed by atoms with van der Waals surface area (Å²) in [7, 11) is 1.50. The molecule has 5 saturated carbocycles. The van der Waals surface area contributed by atoms with Crippen LogP contribution in [0, 0.1) is 81.3 Å². The molecule has 1 amide bonds. The van der Waals surface area contributed by atoms with Crippen LogP contribution in [0.4, 0.5) is 0 Å². The molecule has 0 aromatic rings. The van der Waals surface area contributed by atoms with E-state index in [-0.39, 0.29) is 51.7 Å². The fourth-order valence-electron chi connectivity index (χ4n) is 14.3. The Balaban J connectivity index is 0.00000228. The van der Waals surface area contributed by atoms with Crippen molar-refractivity contribution in [2.45, 2.75) is 131 Å². The maximum atomic E-state index is 13.9. The van der Waals surface area contributed by atoms with Crippen LogP contribution in [0.5, 0.6) is 0 Å². The van der Waals surface area contributed by atoms with Crippen molar-refractivity contribution in [2.24, 2.45) is 87.1 Å². The number of carboxylic acids is 1. The monoisotopic (exact) mass is 722 g/mol. The van der Waals surface area contributed by atoms with Gasteiger partial charge in [-0.1, -0.05) is 47.1 Å². The number of Topliss-reactive ketones (excluding diaryl/α,β-unsaturated/α-hetero) is 2. The highest BCUT2D eigenvalue weighted by Gasteiger charge is 2.64. The molecule has 8 nitrogen and oxygen atoms in total. The first-order valence-corrected chi connectivity index (χ1v) is 21.3. The minimum atomic E-state index is -0.750. The standard InChI is InChI=1S/C43H66N2O5.CH5N/c1-24(2)37-35(47)23-43(17-20-45-39(48)27-12-18-44-19-13-27)16-11-33-29(38(37)43)7-8-36-41(5)14-9-28(25(3)32(41)10-15-42(33,36)6)21-34(46)30-22-31(26(30)4)40(49)50;1-2/h24-33,36,44H,7-23H2,1-6H3,(H,45,48)(H,49,50);2H2,1H3. The third-order valence-corrected chi connectivity index (χ3v) is 17.1. The van der Waals surface area contributed by atoms with Crippen molar-refractivity contribution in [1.29, 1.82) is 0 Å². The molecule has 8 heteroatoms. The lowest BCUT2D eigenvalue weighted by atomic mass is 9.37. The molecule has 5 N–H and O–H groups in total. The summed E-state index contributed by atoms with van der Waals surface area (Å²) >= 11 is 0. The average Bonchev–Trinajstić information content (AvgIpc) is 3.42. The lowest BCUT2D eigenvalue weighted by molar-refractivity contribution is -0.172. The van der Waals surface area contributed by atoms with E-state index in [1.165, 1.54) is 51.1 Å². The number of carboxylic acid groups (broad SMARTS) is 1. The quantitative estimate of drug-likeness (QED) is 0.198. The second-order valence-corrected chi connectivity index (χ2v) is 19.4. The van der Waals surface area contributed by atoms with Crippen LogP contribution in [0.2, 0.25) is 0 Å². The molecular formula is C44H71N3O5. The van der Waals surface area contributed by atoms with Gasteiger partial charge in [0.15, 0.2) is 5.78 Å². The van der Waals surface area contributed by atoms with Crippen molar-refractivity contribution in [3.05, 3.63) is 11.1 Å². The number of nitrogens with two attached hydrogens (primary N) is 1. The third-order valence-electron chi connectivity index (χ3n) is 17.1. The van der Waals surface area contributed by atoms with Crippen LogP contribution in [0.1, 0.15) is 131 Å². The summed E-state index contributed by atoms with van der Waals surface area (Å²) in [6.45, 7) is 16.6. The van der Waals surface area contributed by atoms with Crippen molar-refractivity contribution < 1.29 is 24.3 Å². The van der Waals surface area contributed by atoms with Gasteiger partial charge in [-0.15, -0.1) is 0 Å². The first kappa shape index (κ1) is 39.6. The second kappa shape index (κ2) is 15.2. The zero-order valence-electron chi connectivity index (χ0n) is 33.5. The van der Waals surface area contributed by atoms with Gasteiger partial charge >= 0.3 is 5.97 Å². The number of amides is 1. The van der Waals surface area contributed by atoms with E-state index in [0.29, 0.717) is 72.9 Å². The van der Waals surface area contributed by atoms with Gasteiger partial charge in [0.2, 0.25) is 5.91 Å². The van der Waals surface area contributed by atoms with Crippen LogP contribution in [0.15, 0.2) is 11.1 Å². The summed E-state index contributed by atoms with van der Waals surface area (Å²) in [5.74, 6) is 3.29. The SMILES string of the molecule is CC(C)C1=C2C3CCC4C(C)(CCC5C(C)C(CC(=O)C6CC(C(=O)O)C6C)CCC54C)C3CCC2(CCNC(=O)C2CCNCC2)CC1=O.CN. The lowest BCUT2D eigenvalue weighted by Gasteiger charge is -2.67. The first-order valence-electron chi connectivity index (χ1n) is 21.3. The molecule has 7 rings (SSSR count). The topological polar surface area (TPSA) is 139 Å². The molecule has 0 spiro atoms. The van der Waals surface area contributed by atoms with Gasteiger partial charge in [-0.2, -0.15) is 0 Å². The van der Waals surface area contributed by atoms with Gasteiger partial charge in [-0.25, -0.2) is 0 Å². The number of hydrogen-bond donors (Lipinski definition) is 4. The predicted molar refractivity (Wildman–Crippen MR) is 205 cm³/mol. The number of rotatable bonds is 9. The smallest absolute Gasteiger partial charge is 0.306 e. The molecule has 0 aromatic carbocycles. The van der Waals surface area contributed by atoms with E-state index >= 15 is 0 Å². The van der Waals surface area contributed by atoms with Gasteiger partial charge in [-0.3, -0.25) is 19.2 Å². The molecular weight excluding hydrogens is 651 g/mol. The predicted octanol–water partition coefficient (Wildman–Crippen LogP) is 7.20. The molecule has 6 fully saturated rings. The number of hydrogen-bond acceptors (Lipinski definition) is 6. The van der Waals surface area contributed by atoms with Crippen LogP contribution in [-0.4, -0.2) is 55.2 Å². The molecule has 0 radical (unpaired) electrons. The molecule has 12 unspecified atom stereocenters. The second-order valence-electron chi connectivity index (χ2n) is 19.4. The summed E-state index contributed by atoms with van der Waals surface area (Å²) in [6, 6.07) is 0. The fraction of sp³-hybridized carbons (Fsp3) is 0.864. The van der Waals surface area contributed by atoms with E-state index in [4.69, 9.17) is 0 Å². The minimum absolute atomic E-state index is 0.0384. The Labute approximate surface area is 314 Å². The van der Waals surface area contributed by atoms with E-state index in [2.05, 4.69) is 51.0 Å². The molecule has 292 valence electrons. The molecule has 0 bridgehead atoms. The van der Waals surface area contributed by atoms with Crippen LogP contribution >= 0.6 is 0 Å². The number of aliphatic carboxylic acids is 1. The molecule has 0 aromatic heterocycles. The van der Waals surface area contributed by atoms with E-state index in [9.17, 15) is 24.3 Å². The van der Waals surface area contributed by atoms with Crippen molar-refractivity contribution >= 4 is 23.4 Å². The Morgan fingerprint density at radius 3 is 2.19 bits per heavy atom. The van der Waals surface area contributed by atoms with Gasteiger partial charge in [0.05, 0.1) is 5.92 Å². The number of carbonyl (C=O) groups excluding carboxylic acids is 3. The molecule has 1 saturated heterocycles. The Kier molecular flexibility index (Phi) is 11.6. The molecule has 52 heavy (non-hydrogen) atoms. The van der Waals surface area contributed by atoms with E-state index < -0.39 is 5.97 Å². The van der Waals surface area contributed by atoms with E-state index in [1.807, 2.05) is 6.92 Å². The summed E-state index contributed by atoms with van der Waals surface area (Å²) in [5, 5.41) is 16.2. The van der Waals surface area contributed by atoms with E-state index in [0.717, 1.165) is 50.8 Å². The zero-order valence-corrected chi connectivity index (χ0v) is 33.5. The Hall–Kier alpha value is -2.06. The highest BCUT2D eigenvalue weighted by molar-refractivity contribution is 6.00. The Morgan fingerprint density at radius 1 is 0.885 bits per heavy atom. The summed E-state index contributed by atoms with van der Waals surface area (Å²) in [4.78, 5) is 51.9. The summed E-state index contributed by atoms with van der Waals surface area (Å²) in [6.07, 6.45) is 13.9. The maximum absolute atomic E-state index is 13.9. The lowest BCUT2D eigenvalue weighted by Crippen LogP contribution is -2.60. The van der Waals surface area contributed by atoms with Gasteiger partial charge in [0.1, 0.15) is 5.78 Å². The average molecular weight is 722 g/mol. The van der Waals surface area contributed by atoms with Crippen molar-refractivity contribution in [3.8, 4) is 0 Å². The fourth-order valence-corrected chi connectivity index (χ4v) is 14.3. The van der Waals surface area contributed by atoms with Gasteiger partial charge in [0, 0.05) is 36.6 Å². The van der Waals surface area contributed by atoms with Crippen LogP contribution in [0.25, 0.3) is 0 Å². The zero-order chi connectivity index (χ0) is 37.7. The number of fused-ring (bicyclic) bond motifs is 7. The van der Waals surface area contributed by atoms with Crippen molar-refractivity contribution in [3.63, 3.8) is 0 Å². The molecule has 1 heterocycles. The van der Waals surface area contributed by atoms with Gasteiger partial charge < -0.3 is 21.5 Å². The molecule has 6 aliphatic carbocycles. The van der Waals surface area contributed by atoms with Crippen LogP contribution in [-0.2, 0) is 19.2 Å². The minimum Gasteiger partial charge on any atom is -0.481 e. The van der Waals surface area contributed by atoms with Crippen LogP contribution in [0.3, 0.4) is 0 Å². The normalized spacial score (nSPS) is 42.9. The number of carbonyl (C=O) groups is 4. The molecule has 7 aliphatic rings. The summed E-state index contributed by atoms with van der Waals surface area (Å²) < 4.78 is 0. The van der Waals surface area contributed by atoms with E-state index in [1.54, 1.807) is 0 Å². The molecule has 1 aliphatic heterocycles. The number of nitrogens with one attached hydrogen (secondary N) is 2. The number of ketones is 2. The maximum Gasteiger partial charge on any atom is 0.306 e. The third kappa shape index (κ3) is 6.56. The van der Waals surface area contributed by atoms with Gasteiger partial charge in [0.25, 0.3) is 0 Å². The number of piperidine rings is 1. The highest BCUT2D eigenvalue weighted by Crippen LogP contribution is 2.72. The van der Waals surface area contributed by atoms with Crippen molar-refractivity contribution in [2.75, 3.05) is 26.7 Å². The van der Waals surface area contributed by atoms with Gasteiger partial charge in [-0.05, 0) is 161 Å². The molecule has 12 atom stereocenters. The Morgan fingerprint density at radius 2 is 1.54 bits per heavy atom. The summed E-state index contributed by atoms with van der Waals surface area (Å²) in [5.41, 5.74) is 7.58. The highest BCUT2D eigenvalue weighted by atomic mass is 16.4. The first-order chi connectivity index (χ1) is 24.7.